The fraction of sp³-hybridized carbons (Fsp3) is 0.462. The highest BCUT2D eigenvalue weighted by atomic mass is 79.9. The van der Waals surface area contributed by atoms with Crippen LogP contribution in [0.15, 0.2) is 28.7 Å². The molecule has 2 rings (SSSR count). The van der Waals surface area contributed by atoms with Crippen molar-refractivity contribution in [3.63, 3.8) is 0 Å². The molecule has 0 spiro atoms. The maximum atomic E-state index is 11.9. The highest BCUT2D eigenvalue weighted by Crippen LogP contribution is 2.18. The van der Waals surface area contributed by atoms with Crippen LogP contribution in [0.2, 0.25) is 0 Å². The minimum atomic E-state index is -0.486. The Morgan fingerprint density at radius 3 is 3.00 bits per heavy atom. The smallest absolute Gasteiger partial charge is 0.261 e. The lowest BCUT2D eigenvalue weighted by Crippen LogP contribution is -2.43. The van der Waals surface area contributed by atoms with Gasteiger partial charge in [-0.25, -0.2) is 0 Å². The molecule has 1 saturated heterocycles. The SMILES string of the molecule is CC(Oc1cccc(Br)c1)C(=O)NC1CCNC1.Cl. The lowest BCUT2D eigenvalue weighted by molar-refractivity contribution is -0.127. The minimum absolute atomic E-state index is 0. The van der Waals surface area contributed by atoms with E-state index in [1.165, 1.54) is 0 Å². The van der Waals surface area contributed by atoms with Crippen LogP contribution in [0.5, 0.6) is 5.75 Å². The summed E-state index contributed by atoms with van der Waals surface area (Å²) in [6.07, 6.45) is 0.495. The molecule has 1 aliphatic rings. The van der Waals surface area contributed by atoms with E-state index in [1.807, 2.05) is 24.3 Å². The van der Waals surface area contributed by atoms with Gasteiger partial charge in [0.2, 0.25) is 0 Å². The molecule has 1 aliphatic heterocycles. The first kappa shape index (κ1) is 16.3. The van der Waals surface area contributed by atoms with Gasteiger partial charge in [0.25, 0.3) is 5.91 Å². The lowest BCUT2D eigenvalue weighted by Gasteiger charge is -2.17. The van der Waals surface area contributed by atoms with Crippen LogP contribution in [-0.4, -0.2) is 31.1 Å². The predicted octanol–water partition coefficient (Wildman–Crippen LogP) is 2.12. The second-order valence-electron chi connectivity index (χ2n) is 4.42. The standard InChI is InChI=1S/C13H17BrN2O2.ClH/c1-9(13(17)16-11-5-6-15-8-11)18-12-4-2-3-10(14)7-12;/h2-4,7,9,11,15H,5-6,8H2,1H3,(H,16,17);1H. The Labute approximate surface area is 127 Å². The van der Waals surface area contributed by atoms with Gasteiger partial charge < -0.3 is 15.4 Å². The number of rotatable bonds is 4. The molecule has 0 radical (unpaired) electrons. The molecular weight excluding hydrogens is 332 g/mol. The molecule has 0 aliphatic carbocycles. The molecule has 4 nitrogen and oxygen atoms in total. The summed E-state index contributed by atoms with van der Waals surface area (Å²) in [5.74, 6) is 0.625. The van der Waals surface area contributed by atoms with E-state index in [1.54, 1.807) is 6.92 Å². The van der Waals surface area contributed by atoms with E-state index >= 15 is 0 Å². The van der Waals surface area contributed by atoms with Gasteiger partial charge in [0.15, 0.2) is 6.10 Å². The van der Waals surface area contributed by atoms with E-state index in [0.717, 1.165) is 24.0 Å². The molecule has 0 saturated carbocycles. The average molecular weight is 350 g/mol. The summed E-state index contributed by atoms with van der Waals surface area (Å²) in [5.41, 5.74) is 0. The van der Waals surface area contributed by atoms with E-state index in [9.17, 15) is 4.79 Å². The number of benzene rings is 1. The van der Waals surface area contributed by atoms with Gasteiger partial charge in [-0.2, -0.15) is 0 Å². The zero-order valence-electron chi connectivity index (χ0n) is 10.7. The largest absolute Gasteiger partial charge is 0.481 e. The fourth-order valence-electron chi connectivity index (χ4n) is 1.89. The number of carbonyl (C=O) groups is 1. The summed E-state index contributed by atoms with van der Waals surface area (Å²) in [4.78, 5) is 11.9. The van der Waals surface area contributed by atoms with Crippen LogP contribution in [0.1, 0.15) is 13.3 Å². The van der Waals surface area contributed by atoms with Gasteiger partial charge in [0.05, 0.1) is 0 Å². The van der Waals surface area contributed by atoms with Crippen molar-refractivity contribution in [3.05, 3.63) is 28.7 Å². The minimum Gasteiger partial charge on any atom is -0.481 e. The van der Waals surface area contributed by atoms with Crippen molar-refractivity contribution in [2.24, 2.45) is 0 Å². The Bertz CT molecular complexity index is 425. The number of hydrogen-bond donors (Lipinski definition) is 2. The monoisotopic (exact) mass is 348 g/mol. The van der Waals surface area contributed by atoms with Crippen molar-refractivity contribution in [1.82, 2.24) is 10.6 Å². The Morgan fingerprint density at radius 2 is 2.37 bits per heavy atom. The molecule has 0 aromatic heterocycles. The van der Waals surface area contributed by atoms with E-state index in [2.05, 4.69) is 26.6 Å². The molecule has 2 unspecified atom stereocenters. The van der Waals surface area contributed by atoms with Gasteiger partial charge in [-0.1, -0.05) is 22.0 Å². The first-order chi connectivity index (χ1) is 8.65. The molecule has 2 atom stereocenters. The summed E-state index contributed by atoms with van der Waals surface area (Å²) in [6, 6.07) is 7.71. The third kappa shape index (κ3) is 5.01. The first-order valence-corrected chi connectivity index (χ1v) is 6.88. The molecular formula is C13H18BrClN2O2. The summed E-state index contributed by atoms with van der Waals surface area (Å²) >= 11 is 3.37. The number of ether oxygens (including phenoxy) is 1. The van der Waals surface area contributed by atoms with Crippen LogP contribution in [0.4, 0.5) is 0 Å². The molecule has 6 heteroatoms. The second-order valence-corrected chi connectivity index (χ2v) is 5.33. The van der Waals surface area contributed by atoms with Gasteiger partial charge in [-0.15, -0.1) is 12.4 Å². The predicted molar refractivity (Wildman–Crippen MR) is 80.9 cm³/mol. The normalized spacial score (nSPS) is 19.4. The van der Waals surface area contributed by atoms with Crippen molar-refractivity contribution >= 4 is 34.2 Å². The van der Waals surface area contributed by atoms with Crippen LogP contribution >= 0.6 is 28.3 Å². The summed E-state index contributed by atoms with van der Waals surface area (Å²) in [6.45, 7) is 3.57. The molecule has 106 valence electrons. The molecule has 1 aromatic carbocycles. The number of hydrogen-bond acceptors (Lipinski definition) is 3. The summed E-state index contributed by atoms with van der Waals surface area (Å²) in [5, 5.41) is 6.19. The van der Waals surface area contributed by atoms with E-state index in [4.69, 9.17) is 4.74 Å². The van der Waals surface area contributed by atoms with Crippen LogP contribution < -0.4 is 15.4 Å². The van der Waals surface area contributed by atoms with Crippen molar-refractivity contribution in [2.75, 3.05) is 13.1 Å². The Balaban J connectivity index is 0.00000180. The first-order valence-electron chi connectivity index (χ1n) is 6.08. The number of carbonyl (C=O) groups excluding carboxylic acids is 1. The van der Waals surface area contributed by atoms with E-state index < -0.39 is 6.10 Å². The van der Waals surface area contributed by atoms with Crippen molar-refractivity contribution in [2.45, 2.75) is 25.5 Å². The van der Waals surface area contributed by atoms with Crippen molar-refractivity contribution in [1.29, 1.82) is 0 Å². The molecule has 2 N–H and O–H groups in total. The van der Waals surface area contributed by atoms with E-state index in [-0.39, 0.29) is 24.4 Å². The van der Waals surface area contributed by atoms with Crippen LogP contribution in [0.25, 0.3) is 0 Å². The quantitative estimate of drug-likeness (QED) is 0.875. The van der Waals surface area contributed by atoms with Gasteiger partial charge in [0.1, 0.15) is 5.75 Å². The maximum Gasteiger partial charge on any atom is 0.261 e. The van der Waals surface area contributed by atoms with Crippen LogP contribution in [0, 0.1) is 0 Å². The Hall–Kier alpha value is -0.780. The van der Waals surface area contributed by atoms with Gasteiger partial charge in [-0.05, 0) is 38.1 Å². The number of halogens is 2. The molecule has 1 fully saturated rings. The highest BCUT2D eigenvalue weighted by molar-refractivity contribution is 9.10. The maximum absolute atomic E-state index is 11.9. The van der Waals surface area contributed by atoms with E-state index in [0.29, 0.717) is 5.75 Å². The molecule has 1 amide bonds. The van der Waals surface area contributed by atoms with Crippen molar-refractivity contribution < 1.29 is 9.53 Å². The lowest BCUT2D eigenvalue weighted by atomic mass is 10.2. The summed E-state index contributed by atoms with van der Waals surface area (Å²) < 4.78 is 6.54. The third-order valence-electron chi connectivity index (χ3n) is 2.88. The second kappa shape index (κ2) is 7.72. The van der Waals surface area contributed by atoms with Gasteiger partial charge in [-0.3, -0.25) is 4.79 Å². The molecule has 1 heterocycles. The number of amides is 1. The molecule has 1 aromatic rings. The highest BCUT2D eigenvalue weighted by Gasteiger charge is 2.21. The Kier molecular flexibility index (Phi) is 6.62. The van der Waals surface area contributed by atoms with Crippen molar-refractivity contribution in [3.8, 4) is 5.75 Å². The van der Waals surface area contributed by atoms with Gasteiger partial charge >= 0.3 is 0 Å². The Morgan fingerprint density at radius 1 is 1.58 bits per heavy atom. The van der Waals surface area contributed by atoms with Crippen LogP contribution in [0.3, 0.4) is 0 Å². The summed E-state index contributed by atoms with van der Waals surface area (Å²) in [7, 11) is 0. The zero-order chi connectivity index (χ0) is 13.0. The number of nitrogens with one attached hydrogen (secondary N) is 2. The molecule has 0 bridgehead atoms. The zero-order valence-corrected chi connectivity index (χ0v) is 13.1. The molecule has 19 heavy (non-hydrogen) atoms. The van der Waals surface area contributed by atoms with Crippen LogP contribution in [-0.2, 0) is 4.79 Å². The topological polar surface area (TPSA) is 50.4 Å². The fourth-order valence-corrected chi connectivity index (χ4v) is 2.27. The third-order valence-corrected chi connectivity index (χ3v) is 3.38. The van der Waals surface area contributed by atoms with Gasteiger partial charge in [0, 0.05) is 17.1 Å². The average Bonchev–Trinajstić information content (AvgIpc) is 2.81.